The molecule has 19 heavy (non-hydrogen) atoms. The molecule has 1 rings (SSSR count). The van der Waals surface area contributed by atoms with Crippen LogP contribution in [-0.2, 0) is 4.79 Å². The van der Waals surface area contributed by atoms with E-state index in [0.717, 1.165) is 25.2 Å². The Balaban J connectivity index is 2.53. The number of hydrogen-bond acceptors (Lipinski definition) is 2. The average Bonchev–Trinajstić information content (AvgIpc) is 2.35. The van der Waals surface area contributed by atoms with Crippen LogP contribution in [0.4, 0.5) is 0 Å². The maximum atomic E-state index is 12.2. The molecule has 0 heterocycles. The third kappa shape index (κ3) is 5.13. The van der Waals surface area contributed by atoms with Crippen LogP contribution >= 0.6 is 0 Å². The molecule has 0 saturated heterocycles. The van der Waals surface area contributed by atoms with Gasteiger partial charge < -0.3 is 11.1 Å². The maximum absolute atomic E-state index is 12.2. The van der Waals surface area contributed by atoms with Crippen LogP contribution in [0.25, 0.3) is 0 Å². The Kier molecular flexibility index (Phi) is 6.84. The van der Waals surface area contributed by atoms with Crippen molar-refractivity contribution in [3.05, 3.63) is 0 Å². The first-order valence-electron chi connectivity index (χ1n) is 7.96. The van der Waals surface area contributed by atoms with Gasteiger partial charge in [0, 0.05) is 12.0 Å². The first-order chi connectivity index (χ1) is 8.95. The van der Waals surface area contributed by atoms with E-state index in [2.05, 4.69) is 26.1 Å². The van der Waals surface area contributed by atoms with Crippen LogP contribution in [0.3, 0.4) is 0 Å². The molecule has 0 radical (unpaired) electrons. The van der Waals surface area contributed by atoms with Crippen LogP contribution in [0.5, 0.6) is 0 Å². The van der Waals surface area contributed by atoms with Gasteiger partial charge in [0.05, 0.1) is 0 Å². The highest BCUT2D eigenvalue weighted by Gasteiger charge is 2.32. The van der Waals surface area contributed by atoms with Crippen LogP contribution < -0.4 is 11.1 Å². The molecule has 4 unspecified atom stereocenters. The summed E-state index contributed by atoms with van der Waals surface area (Å²) >= 11 is 0. The lowest BCUT2D eigenvalue weighted by Crippen LogP contribution is -2.47. The van der Waals surface area contributed by atoms with Crippen LogP contribution in [0, 0.1) is 23.7 Å². The summed E-state index contributed by atoms with van der Waals surface area (Å²) in [6.45, 7) is 9.54. The minimum atomic E-state index is 0.0913. The standard InChI is InChI=1S/C16H32N2O/c1-11(2)14-8-7-12(3)10-15(14)18-16(19)13(4)6-5-9-17/h11-15H,5-10,17H2,1-4H3,(H,18,19). The van der Waals surface area contributed by atoms with Gasteiger partial charge in [-0.2, -0.15) is 0 Å². The number of hydrogen-bond donors (Lipinski definition) is 2. The topological polar surface area (TPSA) is 55.1 Å². The highest BCUT2D eigenvalue weighted by molar-refractivity contribution is 5.78. The molecule has 1 saturated carbocycles. The second-order valence-corrected chi connectivity index (χ2v) is 6.77. The number of carbonyl (C=O) groups is 1. The van der Waals surface area contributed by atoms with E-state index in [4.69, 9.17) is 5.73 Å². The third-order valence-electron chi connectivity index (χ3n) is 4.64. The van der Waals surface area contributed by atoms with E-state index in [1.807, 2.05) is 6.92 Å². The molecule has 0 aromatic carbocycles. The molecule has 0 bridgehead atoms. The summed E-state index contributed by atoms with van der Waals surface area (Å²) in [6, 6.07) is 0.372. The highest BCUT2D eigenvalue weighted by Crippen LogP contribution is 2.33. The molecule has 0 aromatic rings. The van der Waals surface area contributed by atoms with Gasteiger partial charge in [-0.1, -0.05) is 34.1 Å². The smallest absolute Gasteiger partial charge is 0.223 e. The van der Waals surface area contributed by atoms with E-state index in [1.165, 1.54) is 12.8 Å². The predicted molar refractivity (Wildman–Crippen MR) is 80.7 cm³/mol. The molecule has 3 nitrogen and oxygen atoms in total. The number of nitrogens with two attached hydrogens (primary N) is 1. The maximum Gasteiger partial charge on any atom is 0.223 e. The highest BCUT2D eigenvalue weighted by atomic mass is 16.1. The van der Waals surface area contributed by atoms with E-state index in [0.29, 0.717) is 24.4 Å². The molecule has 0 aliphatic heterocycles. The Hall–Kier alpha value is -0.570. The van der Waals surface area contributed by atoms with Gasteiger partial charge in [0.25, 0.3) is 0 Å². The van der Waals surface area contributed by atoms with Crippen molar-refractivity contribution in [3.63, 3.8) is 0 Å². The average molecular weight is 268 g/mol. The van der Waals surface area contributed by atoms with Gasteiger partial charge in [0.1, 0.15) is 0 Å². The fraction of sp³-hybridized carbons (Fsp3) is 0.938. The van der Waals surface area contributed by atoms with E-state index in [9.17, 15) is 4.79 Å². The van der Waals surface area contributed by atoms with Gasteiger partial charge in [-0.3, -0.25) is 4.79 Å². The quantitative estimate of drug-likeness (QED) is 0.778. The number of carbonyl (C=O) groups excluding carboxylic acids is 1. The Morgan fingerprint density at radius 1 is 1.32 bits per heavy atom. The van der Waals surface area contributed by atoms with Crippen molar-refractivity contribution in [2.75, 3.05) is 6.54 Å². The van der Waals surface area contributed by atoms with E-state index in [1.54, 1.807) is 0 Å². The van der Waals surface area contributed by atoms with Crippen LogP contribution in [0.1, 0.15) is 59.8 Å². The number of rotatable bonds is 6. The van der Waals surface area contributed by atoms with Crippen molar-refractivity contribution in [2.24, 2.45) is 29.4 Å². The first kappa shape index (κ1) is 16.5. The third-order valence-corrected chi connectivity index (χ3v) is 4.64. The normalized spacial score (nSPS) is 29.3. The zero-order valence-corrected chi connectivity index (χ0v) is 13.1. The lowest BCUT2D eigenvalue weighted by Gasteiger charge is -2.38. The van der Waals surface area contributed by atoms with Gasteiger partial charge in [-0.05, 0) is 50.0 Å². The van der Waals surface area contributed by atoms with Crippen molar-refractivity contribution in [1.82, 2.24) is 5.32 Å². The summed E-state index contributed by atoms with van der Waals surface area (Å²) in [5.41, 5.74) is 5.51. The molecule has 1 aliphatic carbocycles. The summed E-state index contributed by atoms with van der Waals surface area (Å²) < 4.78 is 0. The van der Waals surface area contributed by atoms with Crippen LogP contribution in [0.15, 0.2) is 0 Å². The Morgan fingerprint density at radius 3 is 2.58 bits per heavy atom. The van der Waals surface area contributed by atoms with Crippen LogP contribution in [-0.4, -0.2) is 18.5 Å². The summed E-state index contributed by atoms with van der Waals surface area (Å²) in [7, 11) is 0. The van der Waals surface area contributed by atoms with Crippen molar-refractivity contribution in [2.45, 2.75) is 65.8 Å². The second kappa shape index (κ2) is 7.88. The van der Waals surface area contributed by atoms with Crippen molar-refractivity contribution in [1.29, 1.82) is 0 Å². The van der Waals surface area contributed by atoms with Gasteiger partial charge in [0.2, 0.25) is 5.91 Å². The number of amides is 1. The zero-order valence-electron chi connectivity index (χ0n) is 13.1. The Morgan fingerprint density at radius 2 is 2.00 bits per heavy atom. The van der Waals surface area contributed by atoms with Crippen molar-refractivity contribution in [3.8, 4) is 0 Å². The fourth-order valence-corrected chi connectivity index (χ4v) is 3.25. The molecule has 3 N–H and O–H groups in total. The largest absolute Gasteiger partial charge is 0.353 e. The molecule has 112 valence electrons. The van der Waals surface area contributed by atoms with Crippen LogP contribution in [0.2, 0.25) is 0 Å². The molecule has 3 heteroatoms. The SMILES string of the molecule is CC1CCC(C(C)C)C(NC(=O)C(C)CCCN)C1. The van der Waals surface area contributed by atoms with Crippen molar-refractivity contribution >= 4 is 5.91 Å². The Labute approximate surface area is 118 Å². The van der Waals surface area contributed by atoms with E-state index >= 15 is 0 Å². The zero-order chi connectivity index (χ0) is 14.4. The summed E-state index contributed by atoms with van der Waals surface area (Å²) in [6.07, 6.45) is 5.53. The van der Waals surface area contributed by atoms with E-state index in [-0.39, 0.29) is 11.8 Å². The van der Waals surface area contributed by atoms with Gasteiger partial charge in [-0.15, -0.1) is 0 Å². The Bertz CT molecular complexity index is 278. The molecule has 0 spiro atoms. The van der Waals surface area contributed by atoms with E-state index < -0.39 is 0 Å². The molecular weight excluding hydrogens is 236 g/mol. The van der Waals surface area contributed by atoms with Crippen molar-refractivity contribution < 1.29 is 4.79 Å². The first-order valence-corrected chi connectivity index (χ1v) is 7.96. The lowest BCUT2D eigenvalue weighted by atomic mass is 9.74. The minimum absolute atomic E-state index is 0.0913. The molecular formula is C16H32N2O. The monoisotopic (exact) mass is 268 g/mol. The molecule has 1 aliphatic rings. The lowest BCUT2D eigenvalue weighted by molar-refractivity contribution is -0.126. The minimum Gasteiger partial charge on any atom is -0.353 e. The molecule has 0 aromatic heterocycles. The number of nitrogens with one attached hydrogen (secondary N) is 1. The summed E-state index contributed by atoms with van der Waals surface area (Å²) in [5.74, 6) is 2.34. The fourth-order valence-electron chi connectivity index (χ4n) is 3.25. The summed E-state index contributed by atoms with van der Waals surface area (Å²) in [4.78, 5) is 12.2. The van der Waals surface area contributed by atoms with Gasteiger partial charge >= 0.3 is 0 Å². The molecule has 1 fully saturated rings. The molecule has 1 amide bonds. The second-order valence-electron chi connectivity index (χ2n) is 6.77. The van der Waals surface area contributed by atoms with Gasteiger partial charge in [-0.25, -0.2) is 0 Å². The summed E-state index contributed by atoms with van der Waals surface area (Å²) in [5, 5.41) is 3.31. The molecule has 4 atom stereocenters. The van der Waals surface area contributed by atoms with Gasteiger partial charge in [0.15, 0.2) is 0 Å². The predicted octanol–water partition coefficient (Wildman–Crippen LogP) is 2.94.